The summed E-state index contributed by atoms with van der Waals surface area (Å²) < 4.78 is 4.66. The molecule has 1 heterocycles. The normalized spacial score (nSPS) is 11.0. The van der Waals surface area contributed by atoms with Crippen LogP contribution in [0.3, 0.4) is 0 Å². The van der Waals surface area contributed by atoms with Crippen LogP contribution in [0.2, 0.25) is 0 Å². The molecule has 0 amide bonds. The van der Waals surface area contributed by atoms with Crippen molar-refractivity contribution in [2.45, 2.75) is 26.4 Å². The summed E-state index contributed by atoms with van der Waals surface area (Å²) in [6.45, 7) is 5.19. The number of esters is 1. The highest BCUT2D eigenvalue weighted by Gasteiger charge is 2.15. The molecular weight excluding hydrogens is 212 g/mol. The molecule has 0 N–H and O–H groups in total. The fraction of sp³-hybridized carbons (Fsp3) is 0.600. The van der Waals surface area contributed by atoms with E-state index in [0.29, 0.717) is 12.6 Å². The summed E-state index contributed by atoms with van der Waals surface area (Å²) in [7, 11) is 1.41. The largest absolute Gasteiger partial charge is 0.468 e. The average molecular weight is 228 g/mol. The van der Waals surface area contributed by atoms with Crippen LogP contribution >= 0.6 is 11.3 Å². The fourth-order valence-corrected chi connectivity index (χ4v) is 1.79. The minimum atomic E-state index is -0.201. The predicted molar refractivity (Wildman–Crippen MR) is 59.7 cm³/mol. The summed E-state index contributed by atoms with van der Waals surface area (Å²) >= 11 is 1.60. The first-order valence-electron chi connectivity index (χ1n) is 4.81. The van der Waals surface area contributed by atoms with Gasteiger partial charge in [0.1, 0.15) is 0 Å². The monoisotopic (exact) mass is 228 g/mol. The number of methoxy groups -OCH3 is 1. The van der Waals surface area contributed by atoms with Crippen molar-refractivity contribution < 1.29 is 9.53 Å². The SMILES string of the molecule is COC(=O)CN(Cc1cncs1)C(C)C. The minimum Gasteiger partial charge on any atom is -0.468 e. The van der Waals surface area contributed by atoms with Crippen molar-refractivity contribution in [2.24, 2.45) is 0 Å². The molecule has 4 nitrogen and oxygen atoms in total. The molecule has 0 aliphatic carbocycles. The number of aromatic nitrogens is 1. The summed E-state index contributed by atoms with van der Waals surface area (Å²) in [6.07, 6.45) is 1.83. The molecule has 1 rings (SSSR count). The number of rotatable bonds is 5. The van der Waals surface area contributed by atoms with E-state index >= 15 is 0 Å². The third-order valence-electron chi connectivity index (χ3n) is 2.13. The van der Waals surface area contributed by atoms with Gasteiger partial charge in [0.25, 0.3) is 0 Å². The number of carbonyl (C=O) groups is 1. The molecule has 15 heavy (non-hydrogen) atoms. The van der Waals surface area contributed by atoms with Gasteiger partial charge in [-0.25, -0.2) is 0 Å². The Balaban J connectivity index is 2.55. The Kier molecular flexibility index (Phi) is 4.71. The van der Waals surface area contributed by atoms with Crippen LogP contribution in [0.25, 0.3) is 0 Å². The van der Waals surface area contributed by atoms with Crippen LogP contribution < -0.4 is 0 Å². The highest BCUT2D eigenvalue weighted by atomic mass is 32.1. The Morgan fingerprint density at radius 3 is 2.87 bits per heavy atom. The lowest BCUT2D eigenvalue weighted by Gasteiger charge is -2.24. The van der Waals surface area contributed by atoms with Gasteiger partial charge in [0.05, 0.1) is 19.2 Å². The lowest BCUT2D eigenvalue weighted by Crippen LogP contribution is -2.35. The van der Waals surface area contributed by atoms with E-state index in [-0.39, 0.29) is 5.97 Å². The predicted octanol–water partition coefficient (Wildman–Crippen LogP) is 1.53. The van der Waals surface area contributed by atoms with Crippen molar-refractivity contribution in [2.75, 3.05) is 13.7 Å². The second-order valence-electron chi connectivity index (χ2n) is 3.54. The lowest BCUT2D eigenvalue weighted by molar-refractivity contribution is -0.142. The number of thiazole rings is 1. The van der Waals surface area contributed by atoms with Crippen molar-refractivity contribution in [1.82, 2.24) is 9.88 Å². The van der Waals surface area contributed by atoms with E-state index in [4.69, 9.17) is 0 Å². The van der Waals surface area contributed by atoms with Gasteiger partial charge in [0, 0.05) is 23.7 Å². The van der Waals surface area contributed by atoms with E-state index in [1.54, 1.807) is 16.8 Å². The van der Waals surface area contributed by atoms with Gasteiger partial charge < -0.3 is 4.74 Å². The van der Waals surface area contributed by atoms with Gasteiger partial charge in [-0.05, 0) is 13.8 Å². The standard InChI is InChI=1S/C10H16N2O2S/c1-8(2)12(6-10(13)14-3)5-9-4-11-7-15-9/h4,7-8H,5-6H2,1-3H3. The first kappa shape index (κ1) is 12.1. The molecule has 0 aliphatic heterocycles. The van der Waals surface area contributed by atoms with E-state index in [1.807, 2.05) is 6.20 Å². The molecule has 0 radical (unpaired) electrons. The van der Waals surface area contributed by atoms with Gasteiger partial charge in [0.2, 0.25) is 0 Å². The number of nitrogens with zero attached hydrogens (tertiary/aromatic N) is 2. The van der Waals surface area contributed by atoms with Crippen LogP contribution in [0.4, 0.5) is 0 Å². The Labute approximate surface area is 93.9 Å². The molecule has 84 valence electrons. The second-order valence-corrected chi connectivity index (χ2v) is 4.51. The summed E-state index contributed by atoms with van der Waals surface area (Å²) in [4.78, 5) is 18.4. The third-order valence-corrected chi connectivity index (χ3v) is 2.90. The maximum atomic E-state index is 11.2. The number of carbonyl (C=O) groups excluding carboxylic acids is 1. The van der Waals surface area contributed by atoms with Crippen LogP contribution in [-0.4, -0.2) is 35.5 Å². The first-order chi connectivity index (χ1) is 7.13. The maximum absolute atomic E-state index is 11.2. The van der Waals surface area contributed by atoms with E-state index in [9.17, 15) is 4.79 Å². The molecule has 0 unspecified atom stereocenters. The van der Waals surface area contributed by atoms with E-state index in [2.05, 4.69) is 28.5 Å². The minimum absolute atomic E-state index is 0.201. The number of hydrogen-bond donors (Lipinski definition) is 0. The molecule has 0 saturated heterocycles. The van der Waals surface area contributed by atoms with Gasteiger partial charge in [0.15, 0.2) is 0 Å². The van der Waals surface area contributed by atoms with Gasteiger partial charge in [-0.1, -0.05) is 0 Å². The van der Waals surface area contributed by atoms with Gasteiger partial charge in [-0.2, -0.15) is 0 Å². The topological polar surface area (TPSA) is 42.4 Å². The summed E-state index contributed by atoms with van der Waals surface area (Å²) in [6, 6.07) is 0.311. The van der Waals surface area contributed by atoms with E-state index in [0.717, 1.165) is 11.4 Å². The Bertz CT molecular complexity index is 298. The molecule has 0 atom stereocenters. The van der Waals surface area contributed by atoms with Crippen molar-refractivity contribution in [3.8, 4) is 0 Å². The molecular formula is C10H16N2O2S. The van der Waals surface area contributed by atoms with Gasteiger partial charge in [-0.15, -0.1) is 11.3 Å². The summed E-state index contributed by atoms with van der Waals surface area (Å²) in [5.41, 5.74) is 1.80. The number of ether oxygens (including phenoxy) is 1. The van der Waals surface area contributed by atoms with E-state index < -0.39 is 0 Å². The van der Waals surface area contributed by atoms with Crippen LogP contribution in [0.15, 0.2) is 11.7 Å². The van der Waals surface area contributed by atoms with Crippen LogP contribution in [0.1, 0.15) is 18.7 Å². The fourth-order valence-electron chi connectivity index (χ4n) is 1.17. The summed E-state index contributed by atoms with van der Waals surface area (Å²) in [5, 5.41) is 0. The molecule has 0 fully saturated rings. The maximum Gasteiger partial charge on any atom is 0.319 e. The van der Waals surface area contributed by atoms with Gasteiger partial charge >= 0.3 is 5.97 Å². The highest BCUT2D eigenvalue weighted by molar-refractivity contribution is 7.09. The zero-order valence-electron chi connectivity index (χ0n) is 9.27. The van der Waals surface area contributed by atoms with Crippen molar-refractivity contribution in [1.29, 1.82) is 0 Å². The summed E-state index contributed by atoms with van der Waals surface area (Å²) in [5.74, 6) is -0.201. The molecule has 0 aromatic carbocycles. The first-order valence-corrected chi connectivity index (χ1v) is 5.69. The van der Waals surface area contributed by atoms with Crippen molar-refractivity contribution in [3.05, 3.63) is 16.6 Å². The zero-order valence-corrected chi connectivity index (χ0v) is 10.1. The number of hydrogen-bond acceptors (Lipinski definition) is 5. The molecule has 0 bridgehead atoms. The molecule has 1 aromatic heterocycles. The van der Waals surface area contributed by atoms with Crippen LogP contribution in [0.5, 0.6) is 0 Å². The highest BCUT2D eigenvalue weighted by Crippen LogP contribution is 2.11. The van der Waals surface area contributed by atoms with Gasteiger partial charge in [-0.3, -0.25) is 14.7 Å². The zero-order chi connectivity index (χ0) is 11.3. The van der Waals surface area contributed by atoms with E-state index in [1.165, 1.54) is 7.11 Å². The Hall–Kier alpha value is -0.940. The molecule has 0 aliphatic rings. The van der Waals surface area contributed by atoms with Crippen molar-refractivity contribution >= 4 is 17.3 Å². The average Bonchev–Trinajstić information content (AvgIpc) is 2.69. The Morgan fingerprint density at radius 2 is 2.40 bits per heavy atom. The quantitative estimate of drug-likeness (QED) is 0.717. The molecule has 5 heteroatoms. The lowest BCUT2D eigenvalue weighted by atomic mass is 10.3. The second kappa shape index (κ2) is 5.82. The third kappa shape index (κ3) is 3.97. The Morgan fingerprint density at radius 1 is 1.67 bits per heavy atom. The molecule has 0 spiro atoms. The smallest absolute Gasteiger partial charge is 0.319 e. The van der Waals surface area contributed by atoms with Crippen LogP contribution in [-0.2, 0) is 16.1 Å². The molecule has 1 aromatic rings. The van der Waals surface area contributed by atoms with Crippen molar-refractivity contribution in [3.63, 3.8) is 0 Å². The van der Waals surface area contributed by atoms with Crippen LogP contribution in [0, 0.1) is 0 Å². The molecule has 0 saturated carbocycles.